The molecule has 2 heterocycles. The smallest absolute Gasteiger partial charge is 0.255 e. The van der Waals surface area contributed by atoms with Crippen molar-refractivity contribution in [2.24, 2.45) is 5.92 Å². The normalized spacial score (nSPS) is 28.4. The number of rotatable bonds is 5. The van der Waals surface area contributed by atoms with E-state index in [1.165, 1.54) is 18.5 Å². The summed E-state index contributed by atoms with van der Waals surface area (Å²) in [6.07, 6.45) is 16.0. The first-order valence-corrected chi connectivity index (χ1v) is 10.4. The maximum Gasteiger partial charge on any atom is 0.255 e. The maximum absolute atomic E-state index is 13.1. The van der Waals surface area contributed by atoms with Crippen molar-refractivity contribution >= 4 is 0 Å². The molecule has 0 aromatic carbocycles. The number of aromatic nitrogens is 1. The first kappa shape index (κ1) is 19.3. The molecule has 3 aliphatic rings. The van der Waals surface area contributed by atoms with Crippen molar-refractivity contribution in [1.29, 1.82) is 0 Å². The third-order valence-electron chi connectivity index (χ3n) is 6.54. The molecule has 2 aliphatic carbocycles. The van der Waals surface area contributed by atoms with Crippen molar-refractivity contribution in [2.75, 3.05) is 0 Å². The number of hydrogen-bond acceptors (Lipinski definition) is 2. The number of hydrogen-bond donors (Lipinski definition) is 0. The number of aryl methyl sites for hydroxylation is 1. The Morgan fingerprint density at radius 1 is 1.14 bits per heavy atom. The number of alkyl halides is 2. The van der Waals surface area contributed by atoms with Crippen LogP contribution < -0.4 is 0 Å². The van der Waals surface area contributed by atoms with E-state index in [0.717, 1.165) is 12.8 Å². The molecule has 28 heavy (non-hydrogen) atoms. The summed E-state index contributed by atoms with van der Waals surface area (Å²) in [5, 5.41) is 0. The Bertz CT molecular complexity index is 763. The SMILES string of the molecule is Cc1cccn1C(C)C1CCC(N2C=CC=CC(OC3CC(F)(F)C3)=C2)CC1. The van der Waals surface area contributed by atoms with Gasteiger partial charge in [-0.1, -0.05) is 6.08 Å². The number of halogens is 2. The minimum Gasteiger partial charge on any atom is -0.488 e. The van der Waals surface area contributed by atoms with E-state index in [9.17, 15) is 8.78 Å². The van der Waals surface area contributed by atoms with E-state index in [1.54, 1.807) is 0 Å². The number of nitrogens with zero attached hydrogens (tertiary/aromatic N) is 2. The summed E-state index contributed by atoms with van der Waals surface area (Å²) in [7, 11) is 0. The van der Waals surface area contributed by atoms with E-state index in [2.05, 4.69) is 47.8 Å². The fourth-order valence-corrected chi connectivity index (χ4v) is 4.76. The van der Waals surface area contributed by atoms with E-state index in [1.807, 2.05) is 24.4 Å². The van der Waals surface area contributed by atoms with E-state index < -0.39 is 5.92 Å². The van der Waals surface area contributed by atoms with E-state index in [0.29, 0.717) is 23.8 Å². The lowest BCUT2D eigenvalue weighted by Crippen LogP contribution is -2.41. The summed E-state index contributed by atoms with van der Waals surface area (Å²) >= 11 is 0. The molecular formula is C23H30F2N2O. The molecule has 0 spiro atoms. The van der Waals surface area contributed by atoms with Gasteiger partial charge in [0.25, 0.3) is 5.92 Å². The molecule has 1 aromatic rings. The molecule has 152 valence electrons. The third-order valence-corrected chi connectivity index (χ3v) is 6.54. The zero-order valence-corrected chi connectivity index (χ0v) is 16.7. The van der Waals surface area contributed by atoms with Gasteiger partial charge in [0, 0.05) is 49.2 Å². The minimum atomic E-state index is -2.55. The molecule has 1 aliphatic heterocycles. The van der Waals surface area contributed by atoms with Crippen molar-refractivity contribution in [2.45, 2.75) is 76.5 Å². The van der Waals surface area contributed by atoms with Crippen LogP contribution in [0.5, 0.6) is 0 Å². The van der Waals surface area contributed by atoms with Crippen LogP contribution in [0.4, 0.5) is 8.78 Å². The molecule has 1 atom stereocenters. The molecule has 0 saturated heterocycles. The Hall–Kier alpha value is -2.04. The van der Waals surface area contributed by atoms with Gasteiger partial charge in [0.2, 0.25) is 0 Å². The van der Waals surface area contributed by atoms with Crippen molar-refractivity contribution < 1.29 is 13.5 Å². The second-order valence-corrected chi connectivity index (χ2v) is 8.55. The van der Waals surface area contributed by atoms with Crippen LogP contribution >= 0.6 is 0 Å². The highest BCUT2D eigenvalue weighted by Gasteiger charge is 2.47. The fourth-order valence-electron chi connectivity index (χ4n) is 4.76. The molecule has 2 saturated carbocycles. The minimum absolute atomic E-state index is 0.173. The fraction of sp³-hybridized carbons (Fsp3) is 0.565. The van der Waals surface area contributed by atoms with Gasteiger partial charge in [0.05, 0.1) is 0 Å². The van der Waals surface area contributed by atoms with Crippen LogP contribution in [0, 0.1) is 12.8 Å². The van der Waals surface area contributed by atoms with Gasteiger partial charge in [-0.3, -0.25) is 0 Å². The van der Waals surface area contributed by atoms with Gasteiger partial charge in [0.15, 0.2) is 0 Å². The lowest BCUT2D eigenvalue weighted by atomic mass is 9.81. The van der Waals surface area contributed by atoms with Crippen molar-refractivity contribution in [3.63, 3.8) is 0 Å². The average molecular weight is 389 g/mol. The molecule has 2 fully saturated rings. The number of ether oxygens (including phenoxy) is 1. The Labute approximate surface area is 166 Å². The standard InChI is InChI=1S/C23H30F2N2O/c1-17-6-5-13-27(17)18(2)19-8-10-20(11-9-19)26-12-4-3-7-21(16-26)28-22-14-23(24,25)15-22/h3-7,12-13,16,18-20,22H,8-11,14-15H2,1-2H3. The van der Waals surface area contributed by atoms with E-state index in [-0.39, 0.29) is 18.9 Å². The van der Waals surface area contributed by atoms with Gasteiger partial charge >= 0.3 is 0 Å². The van der Waals surface area contributed by atoms with Gasteiger partial charge in [-0.15, -0.1) is 0 Å². The third kappa shape index (κ3) is 4.18. The quantitative estimate of drug-likeness (QED) is 0.619. The van der Waals surface area contributed by atoms with Crippen LogP contribution in [0.1, 0.15) is 57.2 Å². The van der Waals surface area contributed by atoms with Crippen LogP contribution in [0.15, 0.2) is 54.7 Å². The van der Waals surface area contributed by atoms with Crippen LogP contribution in [0.3, 0.4) is 0 Å². The van der Waals surface area contributed by atoms with E-state index >= 15 is 0 Å². The Kier molecular flexibility index (Phi) is 5.35. The monoisotopic (exact) mass is 388 g/mol. The zero-order valence-electron chi connectivity index (χ0n) is 16.7. The van der Waals surface area contributed by atoms with Crippen molar-refractivity contribution in [1.82, 2.24) is 9.47 Å². The highest BCUT2D eigenvalue weighted by Crippen LogP contribution is 2.41. The molecule has 0 bridgehead atoms. The molecular weight excluding hydrogens is 358 g/mol. The van der Waals surface area contributed by atoms with Gasteiger partial charge < -0.3 is 14.2 Å². The van der Waals surface area contributed by atoms with Crippen molar-refractivity contribution in [3.05, 3.63) is 60.4 Å². The molecule has 0 N–H and O–H groups in total. The second kappa shape index (κ2) is 7.76. The molecule has 0 amide bonds. The summed E-state index contributed by atoms with van der Waals surface area (Å²) in [4.78, 5) is 2.22. The van der Waals surface area contributed by atoms with E-state index in [4.69, 9.17) is 4.74 Å². The lowest BCUT2D eigenvalue weighted by Gasteiger charge is -2.38. The summed E-state index contributed by atoms with van der Waals surface area (Å²) in [6.45, 7) is 4.50. The molecule has 3 nitrogen and oxygen atoms in total. The lowest BCUT2D eigenvalue weighted by molar-refractivity contribution is -0.150. The largest absolute Gasteiger partial charge is 0.488 e. The Morgan fingerprint density at radius 3 is 2.54 bits per heavy atom. The molecule has 1 aromatic heterocycles. The van der Waals surface area contributed by atoms with Crippen LogP contribution in [-0.2, 0) is 4.74 Å². The highest BCUT2D eigenvalue weighted by atomic mass is 19.3. The predicted octanol–water partition coefficient (Wildman–Crippen LogP) is 5.96. The van der Waals surface area contributed by atoms with Crippen LogP contribution in [0.2, 0.25) is 0 Å². The van der Waals surface area contributed by atoms with Crippen LogP contribution in [0.25, 0.3) is 0 Å². The Morgan fingerprint density at radius 2 is 1.89 bits per heavy atom. The zero-order chi connectivity index (χ0) is 19.7. The van der Waals surface area contributed by atoms with Gasteiger partial charge in [0.1, 0.15) is 11.9 Å². The van der Waals surface area contributed by atoms with Gasteiger partial charge in [-0.25, -0.2) is 8.78 Å². The summed E-state index contributed by atoms with van der Waals surface area (Å²) < 4.78 is 34.3. The number of allylic oxidation sites excluding steroid dienone is 3. The maximum atomic E-state index is 13.1. The average Bonchev–Trinajstić information content (AvgIpc) is 2.94. The first-order chi connectivity index (χ1) is 13.4. The van der Waals surface area contributed by atoms with Crippen LogP contribution in [-0.4, -0.2) is 27.5 Å². The summed E-state index contributed by atoms with van der Waals surface area (Å²) in [6, 6.07) is 5.25. The molecule has 1 unspecified atom stereocenters. The summed E-state index contributed by atoms with van der Waals surface area (Å²) in [5.74, 6) is -1.18. The molecule has 5 heteroatoms. The Balaban J connectivity index is 1.34. The van der Waals surface area contributed by atoms with Gasteiger partial charge in [-0.2, -0.15) is 0 Å². The topological polar surface area (TPSA) is 17.4 Å². The molecule has 0 radical (unpaired) electrons. The first-order valence-electron chi connectivity index (χ1n) is 10.4. The van der Waals surface area contributed by atoms with Crippen molar-refractivity contribution in [3.8, 4) is 0 Å². The second-order valence-electron chi connectivity index (χ2n) is 8.55. The molecule has 4 rings (SSSR count). The summed E-state index contributed by atoms with van der Waals surface area (Å²) in [5.41, 5.74) is 1.32. The predicted molar refractivity (Wildman–Crippen MR) is 107 cm³/mol. The van der Waals surface area contributed by atoms with Gasteiger partial charge in [-0.05, 0) is 69.7 Å². The highest BCUT2D eigenvalue weighted by molar-refractivity contribution is 5.22.